The summed E-state index contributed by atoms with van der Waals surface area (Å²) in [4.78, 5) is 2.18. The van der Waals surface area contributed by atoms with Crippen LogP contribution in [0.5, 0.6) is 0 Å². The Kier molecular flexibility index (Phi) is 6.33. The summed E-state index contributed by atoms with van der Waals surface area (Å²) in [5.41, 5.74) is 2.34. The Bertz CT molecular complexity index is 401. The van der Waals surface area contributed by atoms with Crippen molar-refractivity contribution < 1.29 is 5.11 Å². The molecule has 0 bridgehead atoms. The van der Waals surface area contributed by atoms with E-state index in [1.54, 1.807) is 0 Å². The van der Waals surface area contributed by atoms with Crippen molar-refractivity contribution in [3.8, 4) is 0 Å². The number of hydrogen-bond donors (Lipinski definition) is 3. The highest BCUT2D eigenvalue weighted by atomic mass is 16.3. The summed E-state index contributed by atoms with van der Waals surface area (Å²) >= 11 is 0. The molecular formula is C17H29N3O. The molecule has 118 valence electrons. The van der Waals surface area contributed by atoms with Crippen LogP contribution in [0, 0.1) is 0 Å². The van der Waals surface area contributed by atoms with Gasteiger partial charge < -0.3 is 20.6 Å². The molecule has 1 fully saturated rings. The maximum absolute atomic E-state index is 9.08. The largest absolute Gasteiger partial charge is 0.395 e. The van der Waals surface area contributed by atoms with E-state index in [4.69, 9.17) is 5.11 Å². The average Bonchev–Trinajstić information content (AvgIpc) is 2.98. The van der Waals surface area contributed by atoms with Crippen molar-refractivity contribution in [3.63, 3.8) is 0 Å². The van der Waals surface area contributed by atoms with Gasteiger partial charge in [0, 0.05) is 36.5 Å². The molecule has 0 saturated carbocycles. The molecule has 1 heterocycles. The molecule has 2 atom stereocenters. The third-order valence-corrected chi connectivity index (χ3v) is 4.20. The van der Waals surface area contributed by atoms with E-state index in [2.05, 4.69) is 53.6 Å². The fourth-order valence-corrected chi connectivity index (χ4v) is 3.09. The highest BCUT2D eigenvalue weighted by molar-refractivity contribution is 5.55. The molecule has 1 aromatic rings. The van der Waals surface area contributed by atoms with E-state index in [9.17, 15) is 0 Å². The molecule has 2 unspecified atom stereocenters. The molecule has 3 N–H and O–H groups in total. The van der Waals surface area contributed by atoms with Crippen LogP contribution >= 0.6 is 0 Å². The van der Waals surface area contributed by atoms with Gasteiger partial charge in [-0.15, -0.1) is 0 Å². The zero-order chi connectivity index (χ0) is 15.1. The van der Waals surface area contributed by atoms with Gasteiger partial charge in [-0.3, -0.25) is 0 Å². The predicted octanol–water partition coefficient (Wildman–Crippen LogP) is 2.45. The van der Waals surface area contributed by atoms with Crippen LogP contribution in [0.4, 0.5) is 11.4 Å². The first-order valence-corrected chi connectivity index (χ1v) is 8.18. The van der Waals surface area contributed by atoms with E-state index in [-0.39, 0.29) is 6.61 Å². The summed E-state index contributed by atoms with van der Waals surface area (Å²) in [7, 11) is 0. The Hall–Kier alpha value is -1.26. The SMILES string of the molecule is CCN(CCO)c1ccc(NC(C)CC2CCCN2)cc1. The molecule has 21 heavy (non-hydrogen) atoms. The molecule has 1 aliphatic rings. The van der Waals surface area contributed by atoms with E-state index in [0.717, 1.165) is 6.54 Å². The average molecular weight is 291 g/mol. The topological polar surface area (TPSA) is 47.5 Å². The lowest BCUT2D eigenvalue weighted by atomic mass is 10.1. The highest BCUT2D eigenvalue weighted by Gasteiger charge is 2.16. The van der Waals surface area contributed by atoms with Crippen molar-refractivity contribution in [1.29, 1.82) is 0 Å². The highest BCUT2D eigenvalue weighted by Crippen LogP contribution is 2.19. The first kappa shape index (κ1) is 16.1. The third-order valence-electron chi connectivity index (χ3n) is 4.20. The molecular weight excluding hydrogens is 262 g/mol. The number of hydrogen-bond acceptors (Lipinski definition) is 4. The third kappa shape index (κ3) is 4.90. The number of anilines is 2. The summed E-state index contributed by atoms with van der Waals surface area (Å²) in [6, 6.07) is 9.67. The van der Waals surface area contributed by atoms with Gasteiger partial charge in [-0.25, -0.2) is 0 Å². The van der Waals surface area contributed by atoms with E-state index >= 15 is 0 Å². The van der Waals surface area contributed by atoms with Crippen LogP contribution in [0.15, 0.2) is 24.3 Å². The summed E-state index contributed by atoms with van der Waals surface area (Å²) in [6.07, 6.45) is 3.79. The van der Waals surface area contributed by atoms with Crippen molar-refractivity contribution in [2.24, 2.45) is 0 Å². The maximum Gasteiger partial charge on any atom is 0.0606 e. The number of likely N-dealkylation sites (N-methyl/N-ethyl adjacent to an activating group) is 1. The minimum Gasteiger partial charge on any atom is -0.395 e. The molecule has 2 rings (SSSR count). The molecule has 0 aliphatic carbocycles. The molecule has 1 saturated heterocycles. The number of aliphatic hydroxyl groups excluding tert-OH is 1. The first-order chi connectivity index (χ1) is 10.2. The van der Waals surface area contributed by atoms with Gasteiger partial charge in [-0.2, -0.15) is 0 Å². The number of nitrogens with zero attached hydrogens (tertiary/aromatic N) is 1. The first-order valence-electron chi connectivity index (χ1n) is 8.18. The van der Waals surface area contributed by atoms with Gasteiger partial charge in [-0.05, 0) is 63.9 Å². The molecule has 4 nitrogen and oxygen atoms in total. The second-order valence-electron chi connectivity index (χ2n) is 5.92. The van der Waals surface area contributed by atoms with Crippen molar-refractivity contribution >= 4 is 11.4 Å². The molecule has 1 aliphatic heterocycles. The minimum atomic E-state index is 0.194. The van der Waals surface area contributed by atoms with E-state index < -0.39 is 0 Å². The second kappa shape index (κ2) is 8.25. The number of nitrogens with one attached hydrogen (secondary N) is 2. The van der Waals surface area contributed by atoms with Gasteiger partial charge in [0.1, 0.15) is 0 Å². The summed E-state index contributed by atoms with van der Waals surface area (Å²) in [6.45, 7) is 7.32. The lowest BCUT2D eigenvalue weighted by Gasteiger charge is -2.23. The summed E-state index contributed by atoms with van der Waals surface area (Å²) in [5, 5.41) is 16.2. The van der Waals surface area contributed by atoms with Gasteiger partial charge in [0.25, 0.3) is 0 Å². The van der Waals surface area contributed by atoms with Gasteiger partial charge >= 0.3 is 0 Å². The van der Waals surface area contributed by atoms with E-state index in [1.165, 1.54) is 37.2 Å². The fraction of sp³-hybridized carbons (Fsp3) is 0.647. The van der Waals surface area contributed by atoms with Crippen molar-refractivity contribution in [2.75, 3.05) is 36.5 Å². The van der Waals surface area contributed by atoms with Crippen LogP contribution in [0.1, 0.15) is 33.1 Å². The van der Waals surface area contributed by atoms with Crippen molar-refractivity contribution in [2.45, 2.75) is 45.2 Å². The van der Waals surface area contributed by atoms with Crippen LogP contribution in [0.2, 0.25) is 0 Å². The fourth-order valence-electron chi connectivity index (χ4n) is 3.09. The quantitative estimate of drug-likeness (QED) is 0.688. The van der Waals surface area contributed by atoms with E-state index in [1.807, 2.05) is 0 Å². The summed E-state index contributed by atoms with van der Waals surface area (Å²) < 4.78 is 0. The van der Waals surface area contributed by atoms with Gasteiger partial charge in [0.15, 0.2) is 0 Å². The minimum absolute atomic E-state index is 0.194. The summed E-state index contributed by atoms with van der Waals surface area (Å²) in [5.74, 6) is 0. The Balaban J connectivity index is 1.86. The van der Waals surface area contributed by atoms with Crippen LogP contribution in [0.25, 0.3) is 0 Å². The normalized spacial score (nSPS) is 19.5. The molecule has 1 aromatic carbocycles. The molecule has 0 radical (unpaired) electrons. The van der Waals surface area contributed by atoms with Crippen molar-refractivity contribution in [1.82, 2.24) is 5.32 Å². The van der Waals surface area contributed by atoms with Crippen LogP contribution in [0.3, 0.4) is 0 Å². The Morgan fingerprint density at radius 3 is 2.71 bits per heavy atom. The molecule has 0 spiro atoms. The molecule has 0 aromatic heterocycles. The van der Waals surface area contributed by atoms with Crippen LogP contribution in [-0.4, -0.2) is 43.4 Å². The Labute approximate surface area is 128 Å². The molecule has 0 amide bonds. The number of rotatable bonds is 8. The predicted molar refractivity (Wildman–Crippen MR) is 90.1 cm³/mol. The Morgan fingerprint density at radius 1 is 1.38 bits per heavy atom. The monoisotopic (exact) mass is 291 g/mol. The van der Waals surface area contributed by atoms with E-state index in [0.29, 0.717) is 18.6 Å². The van der Waals surface area contributed by atoms with Crippen LogP contribution in [-0.2, 0) is 0 Å². The zero-order valence-electron chi connectivity index (χ0n) is 13.3. The zero-order valence-corrected chi connectivity index (χ0v) is 13.3. The Morgan fingerprint density at radius 2 is 2.14 bits per heavy atom. The lowest BCUT2D eigenvalue weighted by molar-refractivity contribution is 0.302. The lowest BCUT2D eigenvalue weighted by Crippen LogP contribution is -2.29. The van der Waals surface area contributed by atoms with Crippen LogP contribution < -0.4 is 15.5 Å². The van der Waals surface area contributed by atoms with Gasteiger partial charge in [-0.1, -0.05) is 0 Å². The number of aliphatic hydroxyl groups is 1. The molecule has 4 heteroatoms. The van der Waals surface area contributed by atoms with Crippen molar-refractivity contribution in [3.05, 3.63) is 24.3 Å². The smallest absolute Gasteiger partial charge is 0.0606 e. The maximum atomic E-state index is 9.08. The standard InChI is InChI=1S/C17H29N3O/c1-3-20(11-12-21)17-8-6-15(7-9-17)19-14(2)13-16-5-4-10-18-16/h6-9,14,16,18-19,21H,3-5,10-13H2,1-2H3. The van der Waals surface area contributed by atoms with Gasteiger partial charge in [0.2, 0.25) is 0 Å². The van der Waals surface area contributed by atoms with Gasteiger partial charge in [0.05, 0.1) is 6.61 Å². The second-order valence-corrected chi connectivity index (χ2v) is 5.92. The number of benzene rings is 1.